The fraction of sp³-hybridized carbons (Fsp3) is 1.00. The fourth-order valence-corrected chi connectivity index (χ4v) is 2.61. The lowest BCUT2D eigenvalue weighted by molar-refractivity contribution is 0.0860. The summed E-state index contributed by atoms with van der Waals surface area (Å²) in [5.41, 5.74) is 0. The van der Waals surface area contributed by atoms with Gasteiger partial charge in [-0.15, -0.1) is 0 Å². The van der Waals surface area contributed by atoms with E-state index in [-0.39, 0.29) is 6.61 Å². The Kier molecular flexibility index (Phi) is 15.3. The van der Waals surface area contributed by atoms with Crippen molar-refractivity contribution in [3.8, 4) is 0 Å². The fourth-order valence-electron chi connectivity index (χ4n) is 2.61. The highest BCUT2D eigenvalue weighted by Gasteiger charge is 2.00. The molecule has 0 aliphatic carbocycles. The summed E-state index contributed by atoms with van der Waals surface area (Å²) in [6.07, 6.45) is 16.4. The third kappa shape index (κ3) is 16.0. The van der Waals surface area contributed by atoms with Crippen LogP contribution in [-0.4, -0.2) is 22.9 Å². The van der Waals surface area contributed by atoms with E-state index in [1.807, 2.05) is 0 Å². The molecule has 0 aromatic carbocycles. The van der Waals surface area contributed by atoms with Gasteiger partial charge in [-0.2, -0.15) is 0 Å². The molecule has 0 saturated heterocycles. The van der Waals surface area contributed by atoms with Gasteiger partial charge >= 0.3 is 0 Å². The average Bonchev–Trinajstić information content (AvgIpc) is 2.43. The molecular formula is C18H38O2. The first kappa shape index (κ1) is 19.9. The van der Waals surface area contributed by atoms with Crippen molar-refractivity contribution in [2.75, 3.05) is 6.61 Å². The summed E-state index contributed by atoms with van der Waals surface area (Å²) < 4.78 is 0. The number of unbranched alkanes of at least 4 members (excludes halogenated alkanes) is 10. The molecule has 0 aliphatic heterocycles. The van der Waals surface area contributed by atoms with Crippen LogP contribution in [0.3, 0.4) is 0 Å². The molecule has 0 radical (unpaired) electrons. The molecule has 0 spiro atoms. The second-order valence-corrected chi connectivity index (χ2v) is 6.70. The van der Waals surface area contributed by atoms with Crippen molar-refractivity contribution >= 4 is 0 Å². The monoisotopic (exact) mass is 286 g/mol. The summed E-state index contributed by atoms with van der Waals surface area (Å²) >= 11 is 0. The van der Waals surface area contributed by atoms with E-state index in [0.29, 0.717) is 0 Å². The summed E-state index contributed by atoms with van der Waals surface area (Å²) in [7, 11) is 0. The van der Waals surface area contributed by atoms with Crippen molar-refractivity contribution in [2.24, 2.45) is 5.92 Å². The first-order valence-corrected chi connectivity index (χ1v) is 8.95. The van der Waals surface area contributed by atoms with Crippen LogP contribution in [0.25, 0.3) is 0 Å². The summed E-state index contributed by atoms with van der Waals surface area (Å²) in [4.78, 5) is 0. The van der Waals surface area contributed by atoms with Crippen LogP contribution in [0.15, 0.2) is 0 Å². The number of hydrogen-bond donors (Lipinski definition) is 2. The maximum Gasteiger partial charge on any atom is 0.0770 e. The Hall–Kier alpha value is -0.0800. The van der Waals surface area contributed by atoms with Gasteiger partial charge in [0.05, 0.1) is 12.7 Å². The summed E-state index contributed by atoms with van der Waals surface area (Å²) in [6, 6.07) is 0. The van der Waals surface area contributed by atoms with E-state index in [1.54, 1.807) is 0 Å². The van der Waals surface area contributed by atoms with Crippen LogP contribution >= 0.6 is 0 Å². The molecule has 20 heavy (non-hydrogen) atoms. The molecule has 122 valence electrons. The molecule has 0 fully saturated rings. The van der Waals surface area contributed by atoms with Gasteiger partial charge in [-0.05, 0) is 12.3 Å². The zero-order valence-corrected chi connectivity index (χ0v) is 13.9. The maximum absolute atomic E-state index is 9.20. The third-order valence-electron chi connectivity index (χ3n) is 4.03. The Morgan fingerprint density at radius 1 is 0.600 bits per heavy atom. The standard InChI is InChI=1S/C18H38O2/c1-17(2)14-12-10-8-6-4-3-5-7-9-11-13-15-18(20)16-19/h17-20H,3-16H2,1-2H3/t18-/m0/s1. The van der Waals surface area contributed by atoms with Crippen molar-refractivity contribution < 1.29 is 10.2 Å². The van der Waals surface area contributed by atoms with Crippen molar-refractivity contribution in [3.05, 3.63) is 0 Å². The predicted octanol–water partition coefficient (Wildman–Crippen LogP) is 5.07. The highest BCUT2D eigenvalue weighted by Crippen LogP contribution is 2.14. The van der Waals surface area contributed by atoms with Crippen LogP contribution in [0.4, 0.5) is 0 Å². The van der Waals surface area contributed by atoms with Gasteiger partial charge in [0.2, 0.25) is 0 Å². The Labute approximate surface area is 127 Å². The number of aliphatic hydroxyl groups excluding tert-OH is 2. The summed E-state index contributed by atoms with van der Waals surface area (Å²) in [6.45, 7) is 4.53. The molecule has 1 atom stereocenters. The number of aliphatic hydroxyl groups is 2. The first-order valence-electron chi connectivity index (χ1n) is 8.95. The van der Waals surface area contributed by atoms with Gasteiger partial charge < -0.3 is 10.2 Å². The zero-order chi connectivity index (χ0) is 15.1. The Morgan fingerprint density at radius 2 is 0.950 bits per heavy atom. The lowest BCUT2D eigenvalue weighted by atomic mass is 10.0. The van der Waals surface area contributed by atoms with Crippen LogP contribution in [-0.2, 0) is 0 Å². The second-order valence-electron chi connectivity index (χ2n) is 6.70. The van der Waals surface area contributed by atoms with Crippen LogP contribution in [0, 0.1) is 5.92 Å². The van der Waals surface area contributed by atoms with E-state index in [1.165, 1.54) is 70.6 Å². The highest BCUT2D eigenvalue weighted by molar-refractivity contribution is 4.54. The minimum atomic E-state index is -0.495. The zero-order valence-electron chi connectivity index (χ0n) is 13.9. The molecule has 2 N–H and O–H groups in total. The van der Waals surface area contributed by atoms with Gasteiger partial charge in [0, 0.05) is 0 Å². The SMILES string of the molecule is CC(C)CCCCCCCCCCCCC[C@H](O)CO. The molecule has 0 amide bonds. The van der Waals surface area contributed by atoms with Gasteiger partial charge in [-0.1, -0.05) is 90.9 Å². The van der Waals surface area contributed by atoms with Gasteiger partial charge in [-0.25, -0.2) is 0 Å². The van der Waals surface area contributed by atoms with Crippen LogP contribution in [0.2, 0.25) is 0 Å². The summed E-state index contributed by atoms with van der Waals surface area (Å²) in [5.74, 6) is 0.869. The normalized spacial score (nSPS) is 13.1. The maximum atomic E-state index is 9.20. The van der Waals surface area contributed by atoms with Gasteiger partial charge in [0.15, 0.2) is 0 Å². The molecule has 0 saturated carbocycles. The van der Waals surface area contributed by atoms with E-state index in [9.17, 15) is 5.11 Å². The van der Waals surface area contributed by atoms with Gasteiger partial charge in [-0.3, -0.25) is 0 Å². The highest BCUT2D eigenvalue weighted by atomic mass is 16.3. The molecular weight excluding hydrogens is 248 g/mol. The van der Waals surface area contributed by atoms with Crippen molar-refractivity contribution in [1.29, 1.82) is 0 Å². The Bertz CT molecular complexity index is 180. The van der Waals surface area contributed by atoms with E-state index < -0.39 is 6.10 Å². The molecule has 0 aliphatic rings. The molecule has 0 rings (SSSR count). The third-order valence-corrected chi connectivity index (χ3v) is 4.03. The molecule has 0 heterocycles. The lowest BCUT2D eigenvalue weighted by Crippen LogP contribution is -2.10. The molecule has 0 aromatic heterocycles. The molecule has 0 bridgehead atoms. The topological polar surface area (TPSA) is 40.5 Å². The molecule has 0 aromatic rings. The second kappa shape index (κ2) is 15.3. The van der Waals surface area contributed by atoms with E-state index >= 15 is 0 Å². The first-order chi connectivity index (χ1) is 9.66. The van der Waals surface area contributed by atoms with Crippen LogP contribution in [0.5, 0.6) is 0 Å². The van der Waals surface area contributed by atoms with Crippen molar-refractivity contribution in [3.63, 3.8) is 0 Å². The predicted molar refractivity (Wildman–Crippen MR) is 88.0 cm³/mol. The van der Waals surface area contributed by atoms with Crippen molar-refractivity contribution in [2.45, 2.75) is 103 Å². The Balaban J connectivity index is 2.99. The number of hydrogen-bond acceptors (Lipinski definition) is 2. The minimum Gasteiger partial charge on any atom is -0.394 e. The molecule has 0 unspecified atom stereocenters. The largest absolute Gasteiger partial charge is 0.394 e. The van der Waals surface area contributed by atoms with E-state index in [0.717, 1.165) is 18.8 Å². The van der Waals surface area contributed by atoms with Gasteiger partial charge in [0.1, 0.15) is 0 Å². The van der Waals surface area contributed by atoms with E-state index in [4.69, 9.17) is 5.11 Å². The van der Waals surface area contributed by atoms with Gasteiger partial charge in [0.25, 0.3) is 0 Å². The minimum absolute atomic E-state index is 0.0861. The smallest absolute Gasteiger partial charge is 0.0770 e. The number of rotatable bonds is 15. The average molecular weight is 286 g/mol. The van der Waals surface area contributed by atoms with Crippen molar-refractivity contribution in [1.82, 2.24) is 0 Å². The molecule has 2 heteroatoms. The quantitative estimate of drug-likeness (QED) is 0.413. The molecule has 2 nitrogen and oxygen atoms in total. The summed E-state index contributed by atoms with van der Waals surface area (Å²) in [5, 5.41) is 17.9. The van der Waals surface area contributed by atoms with Crippen LogP contribution in [0.1, 0.15) is 97.3 Å². The Morgan fingerprint density at radius 3 is 1.30 bits per heavy atom. The van der Waals surface area contributed by atoms with Crippen LogP contribution < -0.4 is 0 Å². The lowest BCUT2D eigenvalue weighted by Gasteiger charge is -2.06. The van der Waals surface area contributed by atoms with E-state index in [2.05, 4.69) is 13.8 Å².